The van der Waals surface area contributed by atoms with E-state index in [1.165, 1.54) is 0 Å². The van der Waals surface area contributed by atoms with Crippen LogP contribution in [0, 0.1) is 0 Å². The van der Waals surface area contributed by atoms with Crippen LogP contribution in [0.3, 0.4) is 0 Å². The monoisotopic (exact) mass is 282 g/mol. The Balaban J connectivity index is 3.10. The van der Waals surface area contributed by atoms with Gasteiger partial charge in [0, 0.05) is 0 Å². The van der Waals surface area contributed by atoms with Crippen molar-refractivity contribution in [2.24, 2.45) is 0 Å². The molecule has 3 N–H and O–H groups in total. The number of para-hydroxylation sites is 1. The molecule has 0 radical (unpaired) electrons. The summed E-state index contributed by atoms with van der Waals surface area (Å²) >= 11 is 0. The molecule has 0 saturated carbocycles. The van der Waals surface area contributed by atoms with Gasteiger partial charge in [0.2, 0.25) is 0 Å². The van der Waals surface area contributed by atoms with Crippen molar-refractivity contribution in [3.05, 3.63) is 30.3 Å². The Kier molecular flexibility index (Phi) is 6.30. The Morgan fingerprint density at radius 3 is 1.95 bits per heavy atom. The number of carbonyl (C=O) groups excluding carboxylic acids is 1. The molecular formula is C14H20NO5+. The van der Waals surface area contributed by atoms with E-state index in [1.807, 2.05) is 0 Å². The molecule has 1 aromatic carbocycles. The average Bonchev–Trinajstić information content (AvgIpc) is 2.45. The molecule has 6 nitrogen and oxygen atoms in total. The van der Waals surface area contributed by atoms with Crippen LogP contribution in [-0.4, -0.2) is 53.5 Å². The first-order chi connectivity index (χ1) is 9.56. The van der Waals surface area contributed by atoms with Crippen LogP contribution in [-0.2, 0) is 9.59 Å². The molecule has 0 fully saturated rings. The Hall–Kier alpha value is -1.76. The number of benzene rings is 1. The van der Waals surface area contributed by atoms with Gasteiger partial charge in [0.25, 0.3) is 0 Å². The number of nitrogens with zero attached hydrogens (tertiary/aromatic N) is 1. The largest absolute Gasteiger partial charge is 0.481 e. The van der Waals surface area contributed by atoms with Crippen molar-refractivity contribution in [3.8, 4) is 0 Å². The van der Waals surface area contributed by atoms with Crippen LogP contribution in [0.25, 0.3) is 0 Å². The molecule has 0 aliphatic carbocycles. The lowest BCUT2D eigenvalue weighted by Crippen LogP contribution is -2.57. The SMILES string of the molecule is O=C(O)CCC(=O)[N+](CCO)(CCO)c1ccccc1. The van der Waals surface area contributed by atoms with Gasteiger partial charge in [0.05, 0.1) is 26.1 Å². The van der Waals surface area contributed by atoms with Crippen molar-refractivity contribution >= 4 is 17.6 Å². The van der Waals surface area contributed by atoms with Crippen LogP contribution < -0.4 is 4.48 Å². The number of aliphatic carboxylic acids is 1. The third-order valence-electron chi connectivity index (χ3n) is 3.24. The van der Waals surface area contributed by atoms with Crippen molar-refractivity contribution in [3.63, 3.8) is 0 Å². The molecule has 0 aliphatic rings. The summed E-state index contributed by atoms with van der Waals surface area (Å²) < 4.78 is -0.235. The summed E-state index contributed by atoms with van der Waals surface area (Å²) in [5.74, 6) is -1.36. The maximum Gasteiger partial charge on any atom is 0.319 e. The zero-order valence-electron chi connectivity index (χ0n) is 11.2. The molecule has 1 amide bonds. The Morgan fingerprint density at radius 1 is 0.950 bits per heavy atom. The molecule has 110 valence electrons. The minimum atomic E-state index is -1.04. The Bertz CT molecular complexity index is 440. The molecule has 0 aromatic heterocycles. The van der Waals surface area contributed by atoms with E-state index < -0.39 is 5.97 Å². The number of aliphatic hydroxyl groups is 2. The van der Waals surface area contributed by atoms with Crippen molar-refractivity contribution in [1.82, 2.24) is 4.48 Å². The second-order valence-electron chi connectivity index (χ2n) is 4.49. The van der Waals surface area contributed by atoms with Crippen molar-refractivity contribution in [1.29, 1.82) is 0 Å². The number of amides is 1. The molecule has 0 spiro atoms. The normalized spacial score (nSPS) is 11.3. The highest BCUT2D eigenvalue weighted by Crippen LogP contribution is 2.24. The highest BCUT2D eigenvalue weighted by atomic mass is 16.4. The lowest BCUT2D eigenvalue weighted by molar-refractivity contribution is -0.140. The van der Waals surface area contributed by atoms with Crippen molar-refractivity contribution in [2.75, 3.05) is 26.3 Å². The maximum absolute atomic E-state index is 12.4. The minimum absolute atomic E-state index is 0.114. The first kappa shape index (κ1) is 16.3. The van der Waals surface area contributed by atoms with Gasteiger partial charge >= 0.3 is 11.9 Å². The van der Waals surface area contributed by atoms with Gasteiger partial charge in [-0.2, -0.15) is 0 Å². The van der Waals surface area contributed by atoms with E-state index in [-0.39, 0.29) is 49.5 Å². The van der Waals surface area contributed by atoms with E-state index in [2.05, 4.69) is 0 Å². The van der Waals surface area contributed by atoms with Crippen LogP contribution in [0.4, 0.5) is 5.69 Å². The summed E-state index contributed by atoms with van der Waals surface area (Å²) in [7, 11) is 0. The molecule has 0 unspecified atom stereocenters. The Morgan fingerprint density at radius 2 is 1.50 bits per heavy atom. The van der Waals surface area contributed by atoms with Gasteiger partial charge in [0.1, 0.15) is 18.8 Å². The van der Waals surface area contributed by atoms with Crippen molar-refractivity contribution < 1.29 is 24.9 Å². The summed E-state index contributed by atoms with van der Waals surface area (Å²) in [4.78, 5) is 23.1. The van der Waals surface area contributed by atoms with Crippen LogP contribution in [0.2, 0.25) is 0 Å². The van der Waals surface area contributed by atoms with Crippen LogP contribution >= 0.6 is 0 Å². The predicted molar refractivity (Wildman–Crippen MR) is 74.0 cm³/mol. The number of carboxylic acid groups (broad SMARTS) is 1. The fourth-order valence-corrected chi connectivity index (χ4v) is 2.25. The number of hydrogen-bond acceptors (Lipinski definition) is 4. The molecule has 1 aromatic rings. The molecule has 6 heteroatoms. The maximum atomic E-state index is 12.4. The molecule has 0 saturated heterocycles. The fourth-order valence-electron chi connectivity index (χ4n) is 2.25. The average molecular weight is 282 g/mol. The number of aliphatic hydroxyl groups excluding tert-OH is 2. The van der Waals surface area contributed by atoms with Gasteiger partial charge < -0.3 is 15.3 Å². The van der Waals surface area contributed by atoms with Gasteiger partial charge in [-0.05, 0) is 12.1 Å². The zero-order chi connectivity index (χ0) is 15.0. The van der Waals surface area contributed by atoms with Gasteiger partial charge in [-0.15, -0.1) is 0 Å². The third-order valence-corrected chi connectivity index (χ3v) is 3.24. The first-order valence-corrected chi connectivity index (χ1v) is 6.46. The van der Waals surface area contributed by atoms with E-state index in [0.29, 0.717) is 5.69 Å². The third kappa shape index (κ3) is 3.86. The predicted octanol–water partition coefficient (Wildman–Crippen LogP) is 0.370. The smallest absolute Gasteiger partial charge is 0.319 e. The van der Waals surface area contributed by atoms with Crippen LogP contribution in [0.15, 0.2) is 30.3 Å². The summed E-state index contributed by atoms with van der Waals surface area (Å²) in [6.07, 6.45) is -0.396. The minimum Gasteiger partial charge on any atom is -0.481 e. The Labute approximate surface area is 117 Å². The molecule has 0 bridgehead atoms. The molecule has 1 rings (SSSR count). The standard InChI is InChI=1S/C14H19NO5/c16-10-8-15(9-11-17,12-4-2-1-3-5-12)13(18)6-7-14(19)20/h1-5,16-17H,6-11H2/p+1. The summed E-state index contributed by atoms with van der Waals surface area (Å²) in [6.45, 7) is -0.229. The summed E-state index contributed by atoms with van der Waals surface area (Å²) in [5.41, 5.74) is 0.644. The first-order valence-electron chi connectivity index (χ1n) is 6.46. The summed E-state index contributed by atoms with van der Waals surface area (Å²) in [5, 5.41) is 27.2. The highest BCUT2D eigenvalue weighted by Gasteiger charge is 2.37. The topological polar surface area (TPSA) is 94.8 Å². The van der Waals surface area contributed by atoms with E-state index in [0.717, 1.165) is 0 Å². The molecule has 20 heavy (non-hydrogen) atoms. The van der Waals surface area contributed by atoms with E-state index in [4.69, 9.17) is 5.11 Å². The van der Waals surface area contributed by atoms with Crippen LogP contribution in [0.1, 0.15) is 12.8 Å². The molecule has 0 heterocycles. The number of carbonyl (C=O) groups is 2. The second kappa shape index (κ2) is 7.74. The molecule has 0 aliphatic heterocycles. The molecule has 0 atom stereocenters. The lowest BCUT2D eigenvalue weighted by Gasteiger charge is -2.34. The van der Waals surface area contributed by atoms with Crippen LogP contribution in [0.5, 0.6) is 0 Å². The summed E-state index contributed by atoms with van der Waals surface area (Å²) in [6, 6.07) is 8.81. The zero-order valence-corrected chi connectivity index (χ0v) is 11.2. The van der Waals surface area contributed by atoms with Crippen molar-refractivity contribution in [2.45, 2.75) is 12.8 Å². The number of carboxylic acids is 1. The van der Waals surface area contributed by atoms with Gasteiger partial charge in [-0.1, -0.05) is 18.2 Å². The van der Waals surface area contributed by atoms with E-state index in [1.54, 1.807) is 30.3 Å². The van der Waals surface area contributed by atoms with Gasteiger partial charge in [-0.3, -0.25) is 4.79 Å². The highest BCUT2D eigenvalue weighted by molar-refractivity contribution is 5.90. The number of hydrogen-bond donors (Lipinski definition) is 3. The van der Waals surface area contributed by atoms with E-state index in [9.17, 15) is 19.8 Å². The number of quaternary nitrogens is 1. The second-order valence-corrected chi connectivity index (χ2v) is 4.49. The van der Waals surface area contributed by atoms with Gasteiger partial charge in [0.15, 0.2) is 0 Å². The fraction of sp³-hybridized carbons (Fsp3) is 0.429. The number of rotatable bonds is 8. The lowest BCUT2D eigenvalue weighted by atomic mass is 10.1. The van der Waals surface area contributed by atoms with E-state index >= 15 is 0 Å². The quantitative estimate of drug-likeness (QED) is 0.599. The molecular weight excluding hydrogens is 262 g/mol. The van der Waals surface area contributed by atoms with Gasteiger partial charge in [-0.25, -0.2) is 9.28 Å².